The van der Waals surface area contributed by atoms with Gasteiger partial charge >= 0.3 is 0 Å². The highest BCUT2D eigenvalue weighted by Crippen LogP contribution is 2.43. The van der Waals surface area contributed by atoms with E-state index in [1.54, 1.807) is 0 Å². The van der Waals surface area contributed by atoms with Crippen LogP contribution in [0.25, 0.3) is 80.9 Å². The van der Waals surface area contributed by atoms with Crippen molar-refractivity contribution in [3.8, 4) is 16.9 Å². The first-order chi connectivity index (χ1) is 19.3. The first-order valence-electron chi connectivity index (χ1n) is 13.2. The number of hydrogen-bond acceptors (Lipinski definition) is 2. The summed E-state index contributed by atoms with van der Waals surface area (Å²) in [6, 6.07) is 43.4. The summed E-state index contributed by atoms with van der Waals surface area (Å²) in [6.45, 7) is 0. The number of fused-ring (bicyclic) bond motifs is 10. The van der Waals surface area contributed by atoms with Crippen LogP contribution < -0.4 is 0 Å². The molecule has 0 spiro atoms. The highest BCUT2D eigenvalue weighted by molar-refractivity contribution is 7.26. The van der Waals surface area contributed by atoms with Gasteiger partial charge < -0.3 is 9.55 Å². The highest BCUT2D eigenvalue weighted by Gasteiger charge is 2.19. The van der Waals surface area contributed by atoms with Crippen LogP contribution in [0, 0.1) is 0 Å². The standard InChI is InChI=1S/C35H21N3S/c1-2-8-21(9-3-1)27-17-19-31-34(37-27)33-30(18-15-25-24-11-5-7-13-32(24)39-35(25)33)38(31)22-14-16-29-26(20-22)23-10-4-6-12-28(23)36-29/h1-20,36H. The van der Waals surface area contributed by atoms with Gasteiger partial charge in [0.1, 0.15) is 0 Å². The van der Waals surface area contributed by atoms with Crippen molar-refractivity contribution in [2.75, 3.05) is 0 Å². The van der Waals surface area contributed by atoms with E-state index in [9.17, 15) is 0 Å². The zero-order chi connectivity index (χ0) is 25.5. The lowest BCUT2D eigenvalue weighted by atomic mass is 10.1. The largest absolute Gasteiger partial charge is 0.355 e. The average molecular weight is 516 g/mol. The molecule has 4 aromatic heterocycles. The summed E-state index contributed by atoms with van der Waals surface area (Å²) in [6.07, 6.45) is 0. The predicted octanol–water partition coefficient (Wildman–Crippen LogP) is 9.85. The van der Waals surface area contributed by atoms with Crippen LogP contribution in [0.4, 0.5) is 0 Å². The van der Waals surface area contributed by atoms with Crippen LogP contribution in [0.1, 0.15) is 0 Å². The molecule has 0 aliphatic carbocycles. The van der Waals surface area contributed by atoms with E-state index < -0.39 is 0 Å². The van der Waals surface area contributed by atoms with E-state index >= 15 is 0 Å². The molecule has 0 fully saturated rings. The number of aromatic amines is 1. The Labute approximate surface area is 227 Å². The maximum absolute atomic E-state index is 5.32. The number of hydrogen-bond donors (Lipinski definition) is 1. The topological polar surface area (TPSA) is 33.6 Å². The molecule has 39 heavy (non-hydrogen) atoms. The second kappa shape index (κ2) is 7.79. The summed E-state index contributed by atoms with van der Waals surface area (Å²) < 4.78 is 4.99. The molecule has 0 atom stereocenters. The average Bonchev–Trinajstić information content (AvgIpc) is 3.66. The van der Waals surface area contributed by atoms with Crippen LogP contribution in [-0.2, 0) is 0 Å². The molecule has 0 saturated heterocycles. The SMILES string of the molecule is c1ccc(-c2ccc3c(n2)c2c4sc5ccccc5c4ccc2n3-c2ccc3[nH]c4ccccc4c3c2)cc1. The minimum absolute atomic E-state index is 0.993. The number of para-hydroxylation sites is 1. The number of nitrogens with one attached hydrogen (secondary N) is 1. The van der Waals surface area contributed by atoms with E-state index in [0.29, 0.717) is 0 Å². The molecular formula is C35H21N3S. The summed E-state index contributed by atoms with van der Waals surface area (Å²) in [5, 5.41) is 6.29. The van der Waals surface area contributed by atoms with Gasteiger partial charge in [-0.25, -0.2) is 4.98 Å². The number of pyridine rings is 1. The fraction of sp³-hybridized carbons (Fsp3) is 0. The molecule has 9 rings (SSSR count). The first kappa shape index (κ1) is 21.1. The lowest BCUT2D eigenvalue weighted by Gasteiger charge is -2.09. The van der Waals surface area contributed by atoms with Gasteiger partial charge in [0.25, 0.3) is 0 Å². The van der Waals surface area contributed by atoms with Crippen molar-refractivity contribution in [1.29, 1.82) is 0 Å². The Morgan fingerprint density at radius 2 is 1.36 bits per heavy atom. The van der Waals surface area contributed by atoms with E-state index in [1.165, 1.54) is 41.8 Å². The second-order valence-electron chi connectivity index (χ2n) is 10.1. The fourth-order valence-corrected chi connectivity index (χ4v) is 7.41. The van der Waals surface area contributed by atoms with Gasteiger partial charge in [-0.15, -0.1) is 11.3 Å². The number of benzene rings is 5. The molecule has 0 bridgehead atoms. The first-order valence-corrected chi connectivity index (χ1v) is 14.0. The highest BCUT2D eigenvalue weighted by atomic mass is 32.1. The summed E-state index contributed by atoms with van der Waals surface area (Å²) in [4.78, 5) is 8.89. The van der Waals surface area contributed by atoms with Crippen molar-refractivity contribution in [2.24, 2.45) is 0 Å². The van der Waals surface area contributed by atoms with Crippen LogP contribution in [0.15, 0.2) is 121 Å². The summed E-state index contributed by atoms with van der Waals surface area (Å²) in [7, 11) is 0. The Bertz CT molecular complexity index is 2390. The number of rotatable bonds is 2. The van der Waals surface area contributed by atoms with Crippen molar-refractivity contribution in [2.45, 2.75) is 0 Å². The smallest absolute Gasteiger partial charge is 0.0985 e. The molecule has 4 heteroatoms. The van der Waals surface area contributed by atoms with Crippen LogP contribution in [0.3, 0.4) is 0 Å². The summed E-state index contributed by atoms with van der Waals surface area (Å²) in [5.41, 5.74) is 8.92. The minimum atomic E-state index is 0.993. The van der Waals surface area contributed by atoms with Crippen LogP contribution >= 0.6 is 11.3 Å². The molecule has 0 radical (unpaired) electrons. The summed E-state index contributed by atoms with van der Waals surface area (Å²) in [5.74, 6) is 0. The van der Waals surface area contributed by atoms with Gasteiger partial charge in [-0.2, -0.15) is 0 Å². The molecule has 4 heterocycles. The third kappa shape index (κ3) is 2.95. The van der Waals surface area contributed by atoms with E-state index in [0.717, 1.165) is 39.0 Å². The van der Waals surface area contributed by atoms with Gasteiger partial charge in [-0.05, 0) is 48.5 Å². The molecule has 182 valence electrons. The molecule has 0 unspecified atom stereocenters. The molecule has 1 N–H and O–H groups in total. The molecule has 0 aliphatic heterocycles. The molecule has 5 aromatic carbocycles. The zero-order valence-electron chi connectivity index (χ0n) is 20.8. The molecule has 0 saturated carbocycles. The third-order valence-corrected chi connectivity index (χ3v) is 9.14. The Morgan fingerprint density at radius 3 is 2.28 bits per heavy atom. The van der Waals surface area contributed by atoms with Gasteiger partial charge in [-0.1, -0.05) is 72.8 Å². The number of aromatic nitrogens is 3. The van der Waals surface area contributed by atoms with Crippen molar-refractivity contribution >= 4 is 75.3 Å². The number of H-pyrrole nitrogens is 1. The quantitative estimate of drug-likeness (QED) is 0.244. The van der Waals surface area contributed by atoms with Gasteiger partial charge in [0.2, 0.25) is 0 Å². The maximum atomic E-state index is 5.32. The van der Waals surface area contributed by atoms with Crippen molar-refractivity contribution in [3.63, 3.8) is 0 Å². The maximum Gasteiger partial charge on any atom is 0.0985 e. The molecule has 3 nitrogen and oxygen atoms in total. The Balaban J connectivity index is 1.43. The minimum Gasteiger partial charge on any atom is -0.355 e. The number of thiophene rings is 1. The van der Waals surface area contributed by atoms with Gasteiger partial charge in [0.05, 0.1) is 22.2 Å². The van der Waals surface area contributed by atoms with E-state index in [1.807, 2.05) is 11.3 Å². The third-order valence-electron chi connectivity index (χ3n) is 7.93. The zero-order valence-corrected chi connectivity index (χ0v) is 21.7. The predicted molar refractivity (Wildman–Crippen MR) is 166 cm³/mol. The second-order valence-corrected chi connectivity index (χ2v) is 11.2. The Hall–Kier alpha value is -4.93. The van der Waals surface area contributed by atoms with Gasteiger partial charge in [0.15, 0.2) is 0 Å². The van der Waals surface area contributed by atoms with E-state index in [4.69, 9.17) is 4.98 Å². The van der Waals surface area contributed by atoms with E-state index in [-0.39, 0.29) is 0 Å². The monoisotopic (exact) mass is 515 g/mol. The lowest BCUT2D eigenvalue weighted by molar-refractivity contribution is 1.18. The lowest BCUT2D eigenvalue weighted by Crippen LogP contribution is -1.94. The van der Waals surface area contributed by atoms with Crippen LogP contribution in [0.2, 0.25) is 0 Å². The molecule has 0 aliphatic rings. The van der Waals surface area contributed by atoms with Crippen molar-refractivity contribution in [1.82, 2.24) is 14.5 Å². The van der Waals surface area contributed by atoms with Crippen molar-refractivity contribution in [3.05, 3.63) is 121 Å². The normalized spacial score (nSPS) is 12.1. The van der Waals surface area contributed by atoms with Crippen LogP contribution in [0.5, 0.6) is 0 Å². The van der Waals surface area contributed by atoms with Crippen molar-refractivity contribution < 1.29 is 0 Å². The fourth-order valence-electron chi connectivity index (χ4n) is 6.16. The van der Waals surface area contributed by atoms with Crippen LogP contribution in [-0.4, -0.2) is 14.5 Å². The van der Waals surface area contributed by atoms with Gasteiger partial charge in [-0.3, -0.25) is 0 Å². The number of nitrogens with zero attached hydrogens (tertiary/aromatic N) is 2. The molecule has 9 aromatic rings. The van der Waals surface area contributed by atoms with Gasteiger partial charge in [0, 0.05) is 58.6 Å². The molecular weight excluding hydrogens is 494 g/mol. The Kier molecular flexibility index (Phi) is 4.21. The Morgan fingerprint density at radius 1 is 0.590 bits per heavy atom. The van der Waals surface area contributed by atoms with E-state index in [2.05, 4.69) is 131 Å². The molecule has 0 amide bonds. The summed E-state index contributed by atoms with van der Waals surface area (Å²) >= 11 is 1.86.